The zero-order chi connectivity index (χ0) is 34.6. The van der Waals surface area contributed by atoms with Gasteiger partial charge in [-0.15, -0.1) is 0 Å². The van der Waals surface area contributed by atoms with Crippen molar-refractivity contribution in [1.29, 1.82) is 0 Å². The fraction of sp³-hybridized carbons (Fsp3) is 0.0208. The minimum Gasteiger partial charge on any atom is -0.457 e. The Labute approximate surface area is 302 Å². The van der Waals surface area contributed by atoms with Crippen LogP contribution in [0.4, 0.5) is 5.69 Å². The Morgan fingerprint density at radius 1 is 0.423 bits per heavy atom. The molecule has 4 nitrogen and oxygen atoms in total. The van der Waals surface area contributed by atoms with Crippen molar-refractivity contribution < 1.29 is 4.74 Å². The number of aromatic nitrogens is 2. The number of fused-ring (bicyclic) bond motifs is 9. The monoisotopic (exact) mass is 663 g/mol. The standard InChI is InChI=1S/C48H29N3O/c1-49-36-24-20-31(21-25-36)34-22-26-37-38-27-23-35(47-50-43(32-12-4-2-5-13-32)30-44(51-47)33-14-6-3-7-15-33)29-42(38)48(41(37)28-34)39-16-8-10-18-45(39)52-46-19-11-9-17-40(46)48/h2-30H. The van der Waals surface area contributed by atoms with E-state index in [0.29, 0.717) is 11.5 Å². The summed E-state index contributed by atoms with van der Waals surface area (Å²) in [6.07, 6.45) is 0. The SMILES string of the molecule is [C-]#[N+]c1ccc(-c2ccc3c(c2)C2(c4ccccc4Oc4ccccc42)c2cc(-c4nc(-c5ccccc5)cc(-c5ccccc5)n4)ccc2-3)cc1. The third-order valence-electron chi connectivity index (χ3n) is 10.4. The van der Waals surface area contributed by atoms with E-state index in [1.54, 1.807) is 0 Å². The molecule has 0 radical (unpaired) electrons. The Morgan fingerprint density at radius 2 is 0.904 bits per heavy atom. The van der Waals surface area contributed by atoms with E-state index in [1.807, 2.05) is 72.8 Å². The summed E-state index contributed by atoms with van der Waals surface area (Å²) in [4.78, 5) is 14.0. The topological polar surface area (TPSA) is 39.4 Å². The zero-order valence-electron chi connectivity index (χ0n) is 28.0. The van der Waals surface area contributed by atoms with Crippen LogP contribution in [0.1, 0.15) is 22.3 Å². The van der Waals surface area contributed by atoms with E-state index in [-0.39, 0.29) is 0 Å². The number of para-hydroxylation sites is 2. The van der Waals surface area contributed by atoms with Gasteiger partial charge in [-0.3, -0.25) is 0 Å². The summed E-state index contributed by atoms with van der Waals surface area (Å²) >= 11 is 0. The van der Waals surface area contributed by atoms with Crippen LogP contribution in [0.15, 0.2) is 176 Å². The molecule has 0 saturated heterocycles. The predicted octanol–water partition coefficient (Wildman–Crippen LogP) is 12.2. The number of nitrogens with zero attached hydrogens (tertiary/aromatic N) is 3. The lowest BCUT2D eigenvalue weighted by Gasteiger charge is -2.39. The van der Waals surface area contributed by atoms with Crippen LogP contribution in [0.2, 0.25) is 0 Å². The van der Waals surface area contributed by atoms with Crippen molar-refractivity contribution in [3.05, 3.63) is 210 Å². The molecule has 8 aromatic rings. The minimum absolute atomic E-state index is 0.627. The molecule has 2 heterocycles. The molecule has 1 aromatic heterocycles. The minimum atomic E-state index is -0.669. The summed E-state index contributed by atoms with van der Waals surface area (Å²) in [6.45, 7) is 7.46. The second-order valence-corrected chi connectivity index (χ2v) is 13.2. The van der Waals surface area contributed by atoms with Crippen LogP contribution in [-0.4, -0.2) is 9.97 Å². The van der Waals surface area contributed by atoms with Crippen LogP contribution in [0.5, 0.6) is 11.5 Å². The van der Waals surface area contributed by atoms with Crippen molar-refractivity contribution in [2.75, 3.05) is 0 Å². The highest BCUT2D eigenvalue weighted by Crippen LogP contribution is 2.62. The molecule has 0 unspecified atom stereocenters. The molecule has 0 amide bonds. The molecule has 0 fully saturated rings. The fourth-order valence-electron chi connectivity index (χ4n) is 8.04. The molecule has 242 valence electrons. The molecular weight excluding hydrogens is 635 g/mol. The number of hydrogen-bond acceptors (Lipinski definition) is 3. The molecule has 4 heteroatoms. The highest BCUT2D eigenvalue weighted by molar-refractivity contribution is 5.91. The van der Waals surface area contributed by atoms with Gasteiger partial charge >= 0.3 is 0 Å². The number of rotatable bonds is 4. The molecule has 1 aliphatic carbocycles. The first-order chi connectivity index (χ1) is 25.7. The van der Waals surface area contributed by atoms with Crippen LogP contribution >= 0.6 is 0 Å². The number of ether oxygens (including phenoxy) is 1. The Balaban J connectivity index is 1.25. The molecule has 52 heavy (non-hydrogen) atoms. The maximum atomic E-state index is 7.46. The van der Waals surface area contributed by atoms with Gasteiger partial charge in [0.05, 0.1) is 23.4 Å². The average Bonchev–Trinajstić information content (AvgIpc) is 3.50. The maximum Gasteiger partial charge on any atom is 0.187 e. The van der Waals surface area contributed by atoms with Gasteiger partial charge in [-0.1, -0.05) is 146 Å². The third kappa shape index (κ3) is 4.54. The summed E-state index contributed by atoms with van der Waals surface area (Å²) < 4.78 is 6.63. The Bertz CT molecular complexity index is 2610. The second-order valence-electron chi connectivity index (χ2n) is 13.2. The van der Waals surface area contributed by atoms with Crippen molar-refractivity contribution in [2.45, 2.75) is 5.41 Å². The highest BCUT2D eigenvalue weighted by atomic mass is 16.5. The summed E-state index contributed by atoms with van der Waals surface area (Å²) in [7, 11) is 0. The smallest absolute Gasteiger partial charge is 0.187 e. The van der Waals surface area contributed by atoms with Crippen molar-refractivity contribution >= 4 is 5.69 Å². The van der Waals surface area contributed by atoms with Crippen LogP contribution in [-0.2, 0) is 5.41 Å². The second kappa shape index (κ2) is 11.8. The Morgan fingerprint density at radius 3 is 1.46 bits per heavy atom. The van der Waals surface area contributed by atoms with Crippen molar-refractivity contribution in [3.8, 4) is 67.7 Å². The fourth-order valence-corrected chi connectivity index (χ4v) is 8.04. The van der Waals surface area contributed by atoms with Gasteiger partial charge in [0, 0.05) is 27.8 Å². The van der Waals surface area contributed by atoms with Crippen LogP contribution in [0, 0.1) is 6.57 Å². The lowest BCUT2D eigenvalue weighted by molar-refractivity contribution is 0.436. The van der Waals surface area contributed by atoms with E-state index < -0.39 is 5.41 Å². The van der Waals surface area contributed by atoms with Crippen molar-refractivity contribution in [1.82, 2.24) is 9.97 Å². The quantitative estimate of drug-likeness (QED) is 0.176. The normalized spacial score (nSPS) is 12.9. The molecule has 7 aromatic carbocycles. The van der Waals surface area contributed by atoms with E-state index in [4.69, 9.17) is 21.3 Å². The lowest BCUT2D eigenvalue weighted by atomic mass is 9.65. The molecule has 1 aliphatic heterocycles. The molecule has 0 N–H and O–H groups in total. The van der Waals surface area contributed by atoms with E-state index in [9.17, 15) is 0 Å². The van der Waals surface area contributed by atoms with Crippen LogP contribution in [0.3, 0.4) is 0 Å². The van der Waals surface area contributed by atoms with Crippen LogP contribution in [0.25, 0.3) is 61.0 Å². The van der Waals surface area contributed by atoms with E-state index in [1.165, 1.54) is 22.3 Å². The van der Waals surface area contributed by atoms with Gasteiger partial charge in [-0.25, -0.2) is 14.8 Å². The molecule has 0 atom stereocenters. The summed E-state index contributed by atoms with van der Waals surface area (Å²) in [6, 6.07) is 60.8. The average molecular weight is 664 g/mol. The number of benzene rings is 7. The van der Waals surface area contributed by atoms with Gasteiger partial charge in [0.15, 0.2) is 11.5 Å². The molecule has 2 aliphatic rings. The first-order valence-corrected chi connectivity index (χ1v) is 17.4. The van der Waals surface area contributed by atoms with Gasteiger partial charge < -0.3 is 4.74 Å². The molecule has 1 spiro atoms. The largest absolute Gasteiger partial charge is 0.457 e. The first-order valence-electron chi connectivity index (χ1n) is 17.4. The predicted molar refractivity (Wildman–Crippen MR) is 207 cm³/mol. The van der Waals surface area contributed by atoms with Gasteiger partial charge in [0.2, 0.25) is 0 Å². The lowest BCUT2D eigenvalue weighted by Crippen LogP contribution is -2.32. The van der Waals surface area contributed by atoms with Crippen molar-refractivity contribution in [2.24, 2.45) is 0 Å². The number of hydrogen-bond donors (Lipinski definition) is 0. The molecule has 0 bridgehead atoms. The molecular formula is C48H29N3O. The Hall–Kier alpha value is -7.09. The third-order valence-corrected chi connectivity index (χ3v) is 10.4. The highest BCUT2D eigenvalue weighted by Gasteiger charge is 2.51. The summed E-state index contributed by atoms with van der Waals surface area (Å²) in [5.41, 5.74) is 13.8. The van der Waals surface area contributed by atoms with E-state index >= 15 is 0 Å². The van der Waals surface area contributed by atoms with Crippen LogP contribution < -0.4 is 4.74 Å². The zero-order valence-corrected chi connectivity index (χ0v) is 28.0. The van der Waals surface area contributed by atoms with Gasteiger partial charge in [0.1, 0.15) is 11.5 Å². The maximum absolute atomic E-state index is 7.46. The summed E-state index contributed by atoms with van der Waals surface area (Å²) in [5, 5.41) is 0. The van der Waals surface area contributed by atoms with E-state index in [0.717, 1.165) is 61.8 Å². The van der Waals surface area contributed by atoms with Crippen molar-refractivity contribution in [3.63, 3.8) is 0 Å². The van der Waals surface area contributed by atoms with Gasteiger partial charge in [-0.05, 0) is 63.7 Å². The first kappa shape index (κ1) is 29.8. The Kier molecular flexibility index (Phi) is 6.74. The molecule has 10 rings (SSSR count). The van der Waals surface area contributed by atoms with E-state index in [2.05, 4.69) is 108 Å². The van der Waals surface area contributed by atoms with Gasteiger partial charge in [0.25, 0.3) is 0 Å². The summed E-state index contributed by atoms with van der Waals surface area (Å²) in [5.74, 6) is 2.35. The molecule has 0 saturated carbocycles. The van der Waals surface area contributed by atoms with Gasteiger partial charge in [-0.2, -0.15) is 0 Å².